The molecule has 2 aliphatic heterocycles. The predicted octanol–water partition coefficient (Wildman–Crippen LogP) is 1.89. The number of amides is 4. The zero-order valence-electron chi connectivity index (χ0n) is 30.4. The Kier molecular flexibility index (Phi) is 15.4. The molecule has 15 nitrogen and oxygen atoms in total. The molecule has 1 fully saturated rings. The number of rotatable bonds is 19. The molecule has 5 rings (SSSR count). The number of unbranched alkanes of at least 4 members (excludes halogenated alkanes) is 1. The summed E-state index contributed by atoms with van der Waals surface area (Å²) in [4.78, 5) is 59.9. The fraction of sp³-hybridized carbons (Fsp3) is 0.486. The van der Waals surface area contributed by atoms with Crippen LogP contribution in [-0.2, 0) is 30.3 Å². The highest BCUT2D eigenvalue weighted by atomic mass is 35.5. The molecule has 4 atom stereocenters. The summed E-state index contributed by atoms with van der Waals surface area (Å²) in [6.45, 7) is 3.94. The summed E-state index contributed by atoms with van der Waals surface area (Å²) in [5.41, 5.74) is 20.0. The average molecular weight is 783 g/mol. The van der Waals surface area contributed by atoms with Gasteiger partial charge in [-0.2, -0.15) is 0 Å². The lowest BCUT2D eigenvalue weighted by Gasteiger charge is -2.32. The molecule has 10 N–H and O–H groups in total. The molecule has 0 unspecified atom stereocenters. The zero-order chi connectivity index (χ0) is 38.5. The molecule has 17 heteroatoms. The number of nitrogens with one attached hydrogen (secondary N) is 6. The summed E-state index contributed by atoms with van der Waals surface area (Å²) in [7, 11) is 0. The molecule has 0 spiro atoms. The van der Waals surface area contributed by atoms with Crippen LogP contribution >= 0.6 is 22.9 Å². The molecule has 0 bridgehead atoms. The number of nitrogens with zero attached hydrogens (tertiary/aromatic N) is 2. The summed E-state index contributed by atoms with van der Waals surface area (Å²) in [5, 5.41) is 14.9. The summed E-state index contributed by atoms with van der Waals surface area (Å²) < 4.78 is 6.44. The van der Waals surface area contributed by atoms with Crippen LogP contribution in [0.25, 0.3) is 10.2 Å². The largest absolute Gasteiger partial charge is 0.381 e. The van der Waals surface area contributed by atoms with Crippen molar-refractivity contribution in [3.05, 3.63) is 76.0 Å². The van der Waals surface area contributed by atoms with Gasteiger partial charge in [0, 0.05) is 50.4 Å². The van der Waals surface area contributed by atoms with E-state index in [4.69, 9.17) is 27.8 Å². The minimum absolute atomic E-state index is 0.114. The van der Waals surface area contributed by atoms with Crippen molar-refractivity contribution in [3.63, 3.8) is 0 Å². The maximum atomic E-state index is 14.3. The van der Waals surface area contributed by atoms with Gasteiger partial charge in [0.1, 0.15) is 18.1 Å². The zero-order valence-corrected chi connectivity index (χ0v) is 32.0. The Morgan fingerprint density at radius 3 is 2.44 bits per heavy atom. The van der Waals surface area contributed by atoms with E-state index in [-0.39, 0.29) is 24.7 Å². The van der Waals surface area contributed by atoms with Gasteiger partial charge in [0.25, 0.3) is 0 Å². The minimum atomic E-state index is -1.00. The van der Waals surface area contributed by atoms with Crippen molar-refractivity contribution in [2.75, 3.05) is 32.8 Å². The van der Waals surface area contributed by atoms with Crippen LogP contribution in [-0.4, -0.2) is 84.6 Å². The van der Waals surface area contributed by atoms with Gasteiger partial charge in [-0.3, -0.25) is 24.2 Å². The summed E-state index contributed by atoms with van der Waals surface area (Å²) >= 11 is 7.57. The standard InChI is InChI=1S/C37H51ClN10O5S/c1-2-31(49)41-28(21-32-42-26-12-11-25(38)20-30(26)54-32)36(51)45-34(24-13-18-53-19-14-24)37(52)43-27(10-6-7-15-39)35(50)44-33(23-8-4-3-5-9-23)29-22-48(17-16-40)47-46-29/h3-5,8-9,11-12,20,22,24,27-28,33-34,46-47H,2,6-7,10,13-19,21,39-40H2,1H3,(H,41,49)(H,43,52)(H,44,50)(H,45,51)/t27-,28-,33-,34-/m0/s1. The van der Waals surface area contributed by atoms with Gasteiger partial charge in [0.2, 0.25) is 23.6 Å². The van der Waals surface area contributed by atoms with Gasteiger partial charge in [-0.25, -0.2) is 4.98 Å². The Balaban J connectivity index is 1.37. The second kappa shape index (κ2) is 20.4. The van der Waals surface area contributed by atoms with Crippen LogP contribution in [0, 0.1) is 5.92 Å². The summed E-state index contributed by atoms with van der Waals surface area (Å²) in [6.07, 6.45) is 4.74. The molecular formula is C37H51ClN10O5S. The Bertz CT molecular complexity index is 1760. The maximum Gasteiger partial charge on any atom is 0.243 e. The highest BCUT2D eigenvalue weighted by molar-refractivity contribution is 7.18. The molecule has 2 aromatic carbocycles. The van der Waals surface area contributed by atoms with Crippen LogP contribution in [0.3, 0.4) is 0 Å². The lowest BCUT2D eigenvalue weighted by Crippen LogP contribution is -2.59. The Morgan fingerprint density at radius 2 is 1.72 bits per heavy atom. The van der Waals surface area contributed by atoms with Crippen molar-refractivity contribution in [1.29, 1.82) is 0 Å². The van der Waals surface area contributed by atoms with Crippen LogP contribution in [0.5, 0.6) is 0 Å². The highest BCUT2D eigenvalue weighted by Crippen LogP contribution is 2.27. The number of nitrogens with two attached hydrogens (primary N) is 2. The van der Waals surface area contributed by atoms with Crippen molar-refractivity contribution in [2.45, 2.75) is 76.0 Å². The molecular weight excluding hydrogens is 732 g/mol. The lowest BCUT2D eigenvalue weighted by molar-refractivity contribution is -0.135. The minimum Gasteiger partial charge on any atom is -0.381 e. The number of carbonyl (C=O) groups excluding carboxylic acids is 4. The molecule has 3 heterocycles. The number of hydrogen-bond acceptors (Lipinski definition) is 12. The van der Waals surface area contributed by atoms with E-state index in [1.165, 1.54) is 11.3 Å². The quantitative estimate of drug-likeness (QED) is 0.0822. The third kappa shape index (κ3) is 11.3. The second-order valence-electron chi connectivity index (χ2n) is 13.3. The smallest absolute Gasteiger partial charge is 0.243 e. The van der Waals surface area contributed by atoms with Gasteiger partial charge in [0.05, 0.1) is 27.0 Å². The lowest BCUT2D eigenvalue weighted by atomic mass is 9.90. The van der Waals surface area contributed by atoms with Gasteiger partial charge in [0.15, 0.2) is 0 Å². The molecule has 0 radical (unpaired) electrons. The van der Waals surface area contributed by atoms with Crippen LogP contribution in [0.4, 0.5) is 0 Å². The van der Waals surface area contributed by atoms with E-state index in [9.17, 15) is 19.2 Å². The monoisotopic (exact) mass is 782 g/mol. The summed E-state index contributed by atoms with van der Waals surface area (Å²) in [6, 6.07) is 11.3. The van der Waals surface area contributed by atoms with E-state index in [1.54, 1.807) is 30.1 Å². The van der Waals surface area contributed by atoms with Crippen LogP contribution in [0.1, 0.15) is 62.1 Å². The molecule has 2 aliphatic rings. The molecule has 4 amide bonds. The molecule has 292 valence electrons. The highest BCUT2D eigenvalue weighted by Gasteiger charge is 2.36. The van der Waals surface area contributed by atoms with E-state index in [1.807, 2.05) is 36.5 Å². The number of benzene rings is 2. The first kappa shape index (κ1) is 40.9. The molecule has 0 aliphatic carbocycles. The van der Waals surface area contributed by atoms with E-state index >= 15 is 0 Å². The van der Waals surface area contributed by atoms with Crippen LogP contribution in [0.2, 0.25) is 5.02 Å². The SMILES string of the molecule is CCC(=O)N[C@@H](Cc1nc2ccc(Cl)cc2s1)C(=O)N[C@H](C(=O)N[C@@H](CCCCN)C(=O)N[C@H](C1=CN(CCN)NN1)c1ccccc1)C1CCOCC1. The van der Waals surface area contributed by atoms with Gasteiger partial charge >= 0.3 is 0 Å². The van der Waals surface area contributed by atoms with E-state index in [0.717, 1.165) is 15.8 Å². The molecule has 1 saturated heterocycles. The molecule has 3 aromatic rings. The van der Waals surface area contributed by atoms with Crippen molar-refractivity contribution >= 4 is 56.8 Å². The number of thiazole rings is 1. The topological polar surface area (TPSA) is 218 Å². The number of halogens is 1. The van der Waals surface area contributed by atoms with E-state index in [0.29, 0.717) is 80.7 Å². The molecule has 54 heavy (non-hydrogen) atoms. The van der Waals surface area contributed by atoms with Crippen molar-refractivity contribution in [1.82, 2.24) is 42.2 Å². The maximum absolute atomic E-state index is 14.3. The fourth-order valence-electron chi connectivity index (χ4n) is 6.44. The van der Waals surface area contributed by atoms with Gasteiger partial charge in [-0.05, 0) is 68.3 Å². The van der Waals surface area contributed by atoms with Gasteiger partial charge in [-0.1, -0.05) is 48.9 Å². The number of aromatic nitrogens is 1. The van der Waals surface area contributed by atoms with Crippen molar-refractivity contribution in [3.8, 4) is 0 Å². The number of hydrogen-bond donors (Lipinski definition) is 8. The average Bonchev–Trinajstić information content (AvgIpc) is 3.82. The molecule has 0 saturated carbocycles. The third-order valence-electron chi connectivity index (χ3n) is 9.38. The van der Waals surface area contributed by atoms with Gasteiger partial charge in [-0.15, -0.1) is 16.9 Å². The molecule has 1 aromatic heterocycles. The van der Waals surface area contributed by atoms with Crippen molar-refractivity contribution < 1.29 is 23.9 Å². The normalized spacial score (nSPS) is 16.8. The number of fused-ring (bicyclic) bond motifs is 1. The first-order chi connectivity index (χ1) is 26.2. The number of hydrazine groups is 2. The van der Waals surface area contributed by atoms with E-state index < -0.39 is 41.9 Å². The Hall–Kier alpha value is -4.32. The number of ether oxygens (including phenoxy) is 1. The van der Waals surface area contributed by atoms with Crippen molar-refractivity contribution in [2.24, 2.45) is 17.4 Å². The summed E-state index contributed by atoms with van der Waals surface area (Å²) in [5.74, 6) is -2.00. The first-order valence-corrected chi connectivity index (χ1v) is 19.7. The Morgan fingerprint density at radius 1 is 0.963 bits per heavy atom. The second-order valence-corrected chi connectivity index (χ2v) is 14.9. The Labute approximate surface area is 324 Å². The first-order valence-electron chi connectivity index (χ1n) is 18.5. The van der Waals surface area contributed by atoms with E-state index in [2.05, 4.69) is 37.2 Å². The van der Waals surface area contributed by atoms with Crippen LogP contribution < -0.4 is 43.7 Å². The number of carbonyl (C=O) groups is 4. The fourth-order valence-corrected chi connectivity index (χ4v) is 7.73. The van der Waals surface area contributed by atoms with Gasteiger partial charge < -0.3 is 42.9 Å². The third-order valence-corrected chi connectivity index (χ3v) is 10.7. The predicted molar refractivity (Wildman–Crippen MR) is 208 cm³/mol. The van der Waals surface area contributed by atoms with Crippen LogP contribution in [0.15, 0.2) is 60.4 Å².